The summed E-state index contributed by atoms with van der Waals surface area (Å²) in [6.07, 6.45) is 7.10. The molecule has 4 rings (SSSR count). The van der Waals surface area contributed by atoms with Gasteiger partial charge in [0.15, 0.2) is 0 Å². The molecule has 2 bridgehead atoms. The molecular formula is C17H20N2O. The number of pyridine rings is 1. The van der Waals surface area contributed by atoms with Crippen molar-refractivity contribution in [3.63, 3.8) is 0 Å². The molecule has 2 fully saturated rings. The van der Waals surface area contributed by atoms with Crippen LogP contribution in [0.3, 0.4) is 0 Å². The molecule has 0 saturated carbocycles. The molecule has 0 radical (unpaired) electrons. The summed E-state index contributed by atoms with van der Waals surface area (Å²) in [5, 5.41) is 16.0. The third kappa shape index (κ3) is 1.93. The minimum atomic E-state index is -0.705. The van der Waals surface area contributed by atoms with Crippen LogP contribution >= 0.6 is 0 Å². The van der Waals surface area contributed by atoms with Crippen LogP contribution in [0.2, 0.25) is 0 Å². The molecule has 2 N–H and O–H groups in total. The number of benzene rings is 1. The molecule has 20 heavy (non-hydrogen) atoms. The first kappa shape index (κ1) is 12.3. The summed E-state index contributed by atoms with van der Waals surface area (Å²) < 4.78 is 0. The van der Waals surface area contributed by atoms with Gasteiger partial charge < -0.3 is 10.4 Å². The van der Waals surface area contributed by atoms with Gasteiger partial charge in [0.2, 0.25) is 0 Å². The molecule has 1 aromatic heterocycles. The van der Waals surface area contributed by atoms with Crippen molar-refractivity contribution in [3.8, 4) is 0 Å². The molecule has 0 amide bonds. The first-order valence-corrected chi connectivity index (χ1v) is 7.57. The van der Waals surface area contributed by atoms with Crippen molar-refractivity contribution in [2.45, 2.75) is 49.8 Å². The summed E-state index contributed by atoms with van der Waals surface area (Å²) in [6, 6.07) is 11.1. The zero-order chi connectivity index (χ0) is 13.6. The molecule has 2 atom stereocenters. The standard InChI is InChI=1S/C17H20N2O/c20-17(10-12-4-1-5-13(11-17)19-12)15-7-2-8-16-14(15)6-3-9-18-16/h2-3,6-9,12-13,19-20H,1,4-5,10-11H2. The molecule has 3 heteroatoms. The average molecular weight is 268 g/mol. The SMILES string of the molecule is OC1(c2cccc3ncccc23)CC2CCCC(C1)N2. The van der Waals surface area contributed by atoms with E-state index in [9.17, 15) is 5.11 Å². The van der Waals surface area contributed by atoms with Crippen LogP contribution in [0, 0.1) is 0 Å². The Bertz CT molecular complexity index is 622. The van der Waals surface area contributed by atoms with Gasteiger partial charge in [-0.3, -0.25) is 4.98 Å². The zero-order valence-electron chi connectivity index (χ0n) is 11.5. The number of hydrogen-bond acceptors (Lipinski definition) is 3. The average Bonchev–Trinajstić information content (AvgIpc) is 2.46. The van der Waals surface area contributed by atoms with E-state index in [0.717, 1.165) is 29.3 Å². The van der Waals surface area contributed by atoms with E-state index in [1.54, 1.807) is 0 Å². The van der Waals surface area contributed by atoms with E-state index in [1.807, 2.05) is 24.4 Å². The first-order chi connectivity index (χ1) is 9.74. The van der Waals surface area contributed by atoms with E-state index in [-0.39, 0.29) is 0 Å². The van der Waals surface area contributed by atoms with E-state index in [0.29, 0.717) is 12.1 Å². The Hall–Kier alpha value is -1.45. The molecular weight excluding hydrogens is 248 g/mol. The Labute approximate surface area is 119 Å². The zero-order valence-corrected chi connectivity index (χ0v) is 11.5. The number of piperidine rings is 2. The lowest BCUT2D eigenvalue weighted by atomic mass is 9.73. The van der Waals surface area contributed by atoms with Crippen molar-refractivity contribution in [2.75, 3.05) is 0 Å². The van der Waals surface area contributed by atoms with Crippen molar-refractivity contribution < 1.29 is 5.11 Å². The van der Waals surface area contributed by atoms with Crippen molar-refractivity contribution in [2.24, 2.45) is 0 Å². The lowest BCUT2D eigenvalue weighted by Crippen LogP contribution is -2.54. The summed E-state index contributed by atoms with van der Waals surface area (Å²) in [5.74, 6) is 0. The molecule has 1 aromatic carbocycles. The number of nitrogens with one attached hydrogen (secondary N) is 1. The Kier molecular flexibility index (Phi) is 2.79. The molecule has 0 spiro atoms. The van der Waals surface area contributed by atoms with Gasteiger partial charge in [0.05, 0.1) is 11.1 Å². The highest BCUT2D eigenvalue weighted by Crippen LogP contribution is 2.41. The van der Waals surface area contributed by atoms with Crippen LogP contribution in [-0.4, -0.2) is 22.2 Å². The van der Waals surface area contributed by atoms with Crippen LogP contribution in [0.15, 0.2) is 36.5 Å². The number of aliphatic hydroxyl groups is 1. The number of nitrogens with zero attached hydrogens (tertiary/aromatic N) is 1. The maximum atomic E-state index is 11.3. The lowest BCUT2D eigenvalue weighted by Gasteiger charge is -2.45. The van der Waals surface area contributed by atoms with Gasteiger partial charge in [-0.05, 0) is 43.4 Å². The molecule has 104 valence electrons. The normalized spacial score (nSPS) is 33.2. The topological polar surface area (TPSA) is 45.2 Å². The second kappa shape index (κ2) is 4.54. The predicted octanol–water partition coefficient (Wildman–Crippen LogP) is 2.73. The molecule has 3 heterocycles. The van der Waals surface area contributed by atoms with Gasteiger partial charge in [0, 0.05) is 23.7 Å². The van der Waals surface area contributed by atoms with Gasteiger partial charge in [0.1, 0.15) is 0 Å². The maximum absolute atomic E-state index is 11.3. The quantitative estimate of drug-likeness (QED) is 0.836. The minimum Gasteiger partial charge on any atom is -0.385 e. The van der Waals surface area contributed by atoms with E-state index in [2.05, 4.69) is 22.4 Å². The van der Waals surface area contributed by atoms with Crippen molar-refractivity contribution in [1.82, 2.24) is 10.3 Å². The maximum Gasteiger partial charge on any atom is 0.0932 e. The summed E-state index contributed by atoms with van der Waals surface area (Å²) in [5.41, 5.74) is 1.33. The molecule has 3 nitrogen and oxygen atoms in total. The largest absolute Gasteiger partial charge is 0.385 e. The summed E-state index contributed by atoms with van der Waals surface area (Å²) in [4.78, 5) is 4.41. The third-order valence-corrected chi connectivity index (χ3v) is 4.89. The highest BCUT2D eigenvalue weighted by Gasteiger charge is 2.42. The summed E-state index contributed by atoms with van der Waals surface area (Å²) in [7, 11) is 0. The fourth-order valence-corrected chi connectivity index (χ4v) is 4.06. The Morgan fingerprint density at radius 1 is 1.10 bits per heavy atom. The fourth-order valence-electron chi connectivity index (χ4n) is 4.06. The van der Waals surface area contributed by atoms with Gasteiger partial charge in [-0.15, -0.1) is 0 Å². The van der Waals surface area contributed by atoms with Crippen molar-refractivity contribution >= 4 is 10.9 Å². The van der Waals surface area contributed by atoms with Crippen LogP contribution in [0.1, 0.15) is 37.7 Å². The van der Waals surface area contributed by atoms with E-state index < -0.39 is 5.60 Å². The number of hydrogen-bond donors (Lipinski definition) is 2. The predicted molar refractivity (Wildman–Crippen MR) is 79.4 cm³/mol. The molecule has 2 saturated heterocycles. The number of rotatable bonds is 1. The van der Waals surface area contributed by atoms with Crippen molar-refractivity contribution in [1.29, 1.82) is 0 Å². The van der Waals surface area contributed by atoms with E-state index >= 15 is 0 Å². The lowest BCUT2D eigenvalue weighted by molar-refractivity contribution is -0.0347. The smallest absolute Gasteiger partial charge is 0.0932 e. The molecule has 2 aliphatic heterocycles. The molecule has 2 aromatic rings. The van der Waals surface area contributed by atoms with Gasteiger partial charge in [-0.2, -0.15) is 0 Å². The van der Waals surface area contributed by atoms with Crippen LogP contribution in [0.5, 0.6) is 0 Å². The molecule has 2 unspecified atom stereocenters. The first-order valence-electron chi connectivity index (χ1n) is 7.57. The van der Waals surface area contributed by atoms with Crippen LogP contribution in [0.4, 0.5) is 0 Å². The van der Waals surface area contributed by atoms with Crippen LogP contribution in [0.25, 0.3) is 10.9 Å². The van der Waals surface area contributed by atoms with Gasteiger partial charge in [-0.25, -0.2) is 0 Å². The fraction of sp³-hybridized carbons (Fsp3) is 0.471. The second-order valence-electron chi connectivity index (χ2n) is 6.31. The van der Waals surface area contributed by atoms with Crippen LogP contribution in [-0.2, 0) is 5.60 Å². The molecule has 0 aliphatic carbocycles. The summed E-state index contributed by atoms with van der Waals surface area (Å²) in [6.45, 7) is 0. The number of aromatic nitrogens is 1. The Balaban J connectivity index is 1.81. The summed E-state index contributed by atoms with van der Waals surface area (Å²) >= 11 is 0. The second-order valence-corrected chi connectivity index (χ2v) is 6.31. The van der Waals surface area contributed by atoms with Gasteiger partial charge in [-0.1, -0.05) is 24.6 Å². The Morgan fingerprint density at radius 3 is 2.70 bits per heavy atom. The van der Waals surface area contributed by atoms with Crippen LogP contribution < -0.4 is 5.32 Å². The number of fused-ring (bicyclic) bond motifs is 3. The van der Waals surface area contributed by atoms with Gasteiger partial charge in [0.25, 0.3) is 0 Å². The van der Waals surface area contributed by atoms with E-state index in [4.69, 9.17) is 0 Å². The molecule has 2 aliphatic rings. The monoisotopic (exact) mass is 268 g/mol. The minimum absolute atomic E-state index is 0.458. The third-order valence-electron chi connectivity index (χ3n) is 4.89. The van der Waals surface area contributed by atoms with E-state index in [1.165, 1.54) is 19.3 Å². The highest BCUT2D eigenvalue weighted by molar-refractivity contribution is 5.82. The Morgan fingerprint density at radius 2 is 1.90 bits per heavy atom. The van der Waals surface area contributed by atoms with Gasteiger partial charge >= 0.3 is 0 Å². The highest BCUT2D eigenvalue weighted by atomic mass is 16.3. The van der Waals surface area contributed by atoms with Crippen molar-refractivity contribution in [3.05, 3.63) is 42.1 Å².